The normalized spacial score (nSPS) is 33.6. The molecular weight excluding hydrogens is 262 g/mol. The van der Waals surface area contributed by atoms with E-state index in [4.69, 9.17) is 0 Å². The predicted octanol–water partition coefficient (Wildman–Crippen LogP) is 3.14. The van der Waals surface area contributed by atoms with E-state index in [-0.39, 0.29) is 23.2 Å². The molecule has 21 heavy (non-hydrogen) atoms. The van der Waals surface area contributed by atoms with E-state index in [0.29, 0.717) is 25.2 Å². The fraction of sp³-hybridized carbons (Fsp3) is 0.556. The maximum absolute atomic E-state index is 12.9. The van der Waals surface area contributed by atoms with Crippen LogP contribution in [0.3, 0.4) is 0 Å². The average molecular weight is 287 g/mol. The third-order valence-electron chi connectivity index (χ3n) is 5.27. The number of nitrogens with zero attached hydrogens (tertiary/aromatic N) is 1. The summed E-state index contributed by atoms with van der Waals surface area (Å²) < 4.78 is 0. The molecule has 0 N–H and O–H groups in total. The molecule has 2 rings (SSSR count). The van der Waals surface area contributed by atoms with Gasteiger partial charge in [0, 0.05) is 25.4 Å². The Bertz CT molecular complexity index is 505. The van der Waals surface area contributed by atoms with Gasteiger partial charge in [-0.3, -0.25) is 9.59 Å². The molecule has 0 bridgehead atoms. The first-order valence-electron chi connectivity index (χ1n) is 7.70. The molecule has 1 aliphatic carbocycles. The highest BCUT2D eigenvalue weighted by molar-refractivity contribution is 5.89. The van der Waals surface area contributed by atoms with Crippen molar-refractivity contribution in [1.82, 2.24) is 4.90 Å². The molecule has 1 saturated heterocycles. The number of Topliss-reactive ketones (excluding diaryl/α,β-unsaturated/α-hetero) is 1. The van der Waals surface area contributed by atoms with Gasteiger partial charge in [-0.25, -0.2) is 0 Å². The molecule has 114 valence electrons. The number of allylic oxidation sites excluding steroid dienone is 2. The van der Waals surface area contributed by atoms with E-state index in [0.717, 1.165) is 18.5 Å². The number of hydrogen-bond donors (Lipinski definition) is 0. The van der Waals surface area contributed by atoms with Gasteiger partial charge in [-0.2, -0.15) is 0 Å². The third kappa shape index (κ3) is 2.74. The summed E-state index contributed by atoms with van der Waals surface area (Å²) >= 11 is 0. The summed E-state index contributed by atoms with van der Waals surface area (Å²) in [7, 11) is 0. The summed E-state index contributed by atoms with van der Waals surface area (Å²) in [5.74, 6) is 0.711. The molecule has 3 nitrogen and oxygen atoms in total. The van der Waals surface area contributed by atoms with Gasteiger partial charge in [0.15, 0.2) is 0 Å². The van der Waals surface area contributed by atoms with Crippen molar-refractivity contribution in [3.8, 4) is 0 Å². The predicted molar refractivity (Wildman–Crippen MR) is 84.7 cm³/mol. The van der Waals surface area contributed by atoms with Crippen LogP contribution in [0, 0.1) is 17.3 Å². The van der Waals surface area contributed by atoms with Crippen molar-refractivity contribution in [1.29, 1.82) is 0 Å². The van der Waals surface area contributed by atoms with Crippen LogP contribution >= 0.6 is 0 Å². The molecule has 2 fully saturated rings. The van der Waals surface area contributed by atoms with Gasteiger partial charge in [0.2, 0.25) is 5.91 Å². The van der Waals surface area contributed by atoms with Gasteiger partial charge >= 0.3 is 0 Å². The Morgan fingerprint density at radius 1 is 1.43 bits per heavy atom. The molecule has 0 aromatic rings. The number of rotatable bonds is 4. The lowest BCUT2D eigenvalue weighted by Gasteiger charge is -2.49. The van der Waals surface area contributed by atoms with Crippen LogP contribution in [0.5, 0.6) is 0 Å². The smallest absolute Gasteiger partial charge is 0.229 e. The van der Waals surface area contributed by atoms with Crippen LogP contribution in [0.2, 0.25) is 0 Å². The molecule has 0 aromatic carbocycles. The number of hydrogen-bond acceptors (Lipinski definition) is 2. The van der Waals surface area contributed by atoms with Gasteiger partial charge in [-0.05, 0) is 24.3 Å². The first kappa shape index (κ1) is 15.7. The fourth-order valence-corrected chi connectivity index (χ4v) is 3.87. The van der Waals surface area contributed by atoms with E-state index < -0.39 is 0 Å². The molecule has 2 aliphatic rings. The Morgan fingerprint density at radius 3 is 2.76 bits per heavy atom. The summed E-state index contributed by atoms with van der Waals surface area (Å²) in [5, 5.41) is 0. The zero-order chi connectivity index (χ0) is 15.6. The highest BCUT2D eigenvalue weighted by Crippen LogP contribution is 2.48. The van der Waals surface area contributed by atoms with E-state index >= 15 is 0 Å². The number of piperidine rings is 1. The summed E-state index contributed by atoms with van der Waals surface area (Å²) in [4.78, 5) is 26.8. The van der Waals surface area contributed by atoms with Crippen molar-refractivity contribution in [2.45, 2.75) is 33.1 Å². The maximum atomic E-state index is 12.9. The molecule has 0 spiro atoms. The third-order valence-corrected chi connectivity index (χ3v) is 5.27. The molecule has 3 unspecified atom stereocenters. The monoisotopic (exact) mass is 287 g/mol. The second kappa shape index (κ2) is 6.00. The number of likely N-dealkylation sites (tertiary alicyclic amines) is 1. The first-order valence-corrected chi connectivity index (χ1v) is 7.70. The Morgan fingerprint density at radius 2 is 2.14 bits per heavy atom. The Balaban J connectivity index is 2.19. The van der Waals surface area contributed by atoms with Gasteiger partial charge in [0.25, 0.3) is 0 Å². The number of fused-ring (bicyclic) bond motifs is 1. The number of carbonyl (C=O) groups excluding carboxylic acids is 2. The average Bonchev–Trinajstić information content (AvgIpc) is 2.47. The summed E-state index contributed by atoms with van der Waals surface area (Å²) in [5.41, 5.74) is 0.617. The molecule has 1 heterocycles. The lowest BCUT2D eigenvalue weighted by molar-refractivity contribution is -0.157. The highest BCUT2D eigenvalue weighted by Gasteiger charge is 2.52. The molecule has 1 saturated carbocycles. The number of ketones is 1. The van der Waals surface area contributed by atoms with Gasteiger partial charge in [0.05, 0.1) is 5.41 Å². The first-order chi connectivity index (χ1) is 9.93. The molecule has 1 amide bonds. The molecule has 3 heteroatoms. The summed E-state index contributed by atoms with van der Waals surface area (Å²) in [6, 6.07) is 0. The molecule has 3 atom stereocenters. The van der Waals surface area contributed by atoms with Crippen LogP contribution in [0.1, 0.15) is 33.1 Å². The minimum Gasteiger partial charge on any atom is -0.338 e. The van der Waals surface area contributed by atoms with Crippen molar-refractivity contribution in [3.63, 3.8) is 0 Å². The van der Waals surface area contributed by atoms with Crippen LogP contribution < -0.4 is 0 Å². The zero-order valence-corrected chi connectivity index (χ0v) is 13.1. The van der Waals surface area contributed by atoms with Crippen molar-refractivity contribution in [2.24, 2.45) is 17.3 Å². The topological polar surface area (TPSA) is 37.4 Å². The van der Waals surface area contributed by atoms with E-state index in [9.17, 15) is 9.59 Å². The van der Waals surface area contributed by atoms with Crippen LogP contribution in [0.25, 0.3) is 0 Å². The minimum atomic E-state index is -0.383. The Kier molecular flexibility index (Phi) is 4.50. The lowest BCUT2D eigenvalue weighted by atomic mass is 9.59. The van der Waals surface area contributed by atoms with Gasteiger partial charge in [0.1, 0.15) is 5.78 Å². The molecule has 0 aromatic heterocycles. The largest absolute Gasteiger partial charge is 0.338 e. The van der Waals surface area contributed by atoms with Gasteiger partial charge < -0.3 is 4.90 Å². The fourth-order valence-electron chi connectivity index (χ4n) is 3.87. The van der Waals surface area contributed by atoms with E-state index in [1.807, 2.05) is 24.8 Å². The highest BCUT2D eigenvalue weighted by atomic mass is 16.2. The van der Waals surface area contributed by atoms with Crippen molar-refractivity contribution >= 4 is 11.7 Å². The summed E-state index contributed by atoms with van der Waals surface area (Å²) in [6.45, 7) is 12.8. The van der Waals surface area contributed by atoms with Crippen LogP contribution in [-0.2, 0) is 9.59 Å². The van der Waals surface area contributed by atoms with Crippen LogP contribution in [0.15, 0.2) is 37.0 Å². The second-order valence-electron chi connectivity index (χ2n) is 6.48. The van der Waals surface area contributed by atoms with E-state index in [2.05, 4.69) is 13.2 Å². The Labute approximate surface area is 127 Å². The SMILES string of the molecule is C=C/C=C(\C=C)CN1CCC2C(C)C(=O)CCC2(C)C1=O. The summed E-state index contributed by atoms with van der Waals surface area (Å²) in [6.07, 6.45) is 7.51. The minimum absolute atomic E-state index is 0.0115. The number of carbonyl (C=O) groups is 2. The zero-order valence-electron chi connectivity index (χ0n) is 13.1. The van der Waals surface area contributed by atoms with E-state index in [1.165, 1.54) is 0 Å². The quantitative estimate of drug-likeness (QED) is 0.745. The number of amides is 1. The molecular formula is C18H25NO2. The van der Waals surface area contributed by atoms with E-state index in [1.54, 1.807) is 12.2 Å². The van der Waals surface area contributed by atoms with Crippen molar-refractivity contribution < 1.29 is 9.59 Å². The lowest BCUT2D eigenvalue weighted by Crippen LogP contribution is -2.57. The van der Waals surface area contributed by atoms with Crippen molar-refractivity contribution in [3.05, 3.63) is 37.0 Å². The maximum Gasteiger partial charge on any atom is 0.229 e. The second-order valence-corrected chi connectivity index (χ2v) is 6.48. The molecule has 1 aliphatic heterocycles. The Hall–Kier alpha value is -1.64. The van der Waals surface area contributed by atoms with Gasteiger partial charge in [-0.1, -0.05) is 45.2 Å². The molecule has 0 radical (unpaired) electrons. The van der Waals surface area contributed by atoms with Gasteiger partial charge in [-0.15, -0.1) is 0 Å². The van der Waals surface area contributed by atoms with Crippen LogP contribution in [-0.4, -0.2) is 29.7 Å². The van der Waals surface area contributed by atoms with Crippen molar-refractivity contribution in [2.75, 3.05) is 13.1 Å². The van der Waals surface area contributed by atoms with Crippen LogP contribution in [0.4, 0.5) is 0 Å². The standard InChI is InChI=1S/C18H25NO2/c1-5-7-14(6-2)12-19-11-9-15-13(3)16(20)8-10-18(15,4)17(19)21/h5-7,13,15H,1-2,8-12H2,3-4H3/b14-7+.